The number of hydrogen-bond donors (Lipinski definition) is 1. The Balaban J connectivity index is 1.35. The molecule has 0 amide bonds. The van der Waals surface area contributed by atoms with E-state index in [-0.39, 0.29) is 11.6 Å². The highest BCUT2D eigenvalue weighted by Crippen LogP contribution is 2.62. The summed E-state index contributed by atoms with van der Waals surface area (Å²) < 4.78 is 43.4. The van der Waals surface area contributed by atoms with Crippen molar-refractivity contribution >= 4 is 0 Å². The van der Waals surface area contributed by atoms with E-state index in [1.165, 1.54) is 12.1 Å². The van der Waals surface area contributed by atoms with E-state index in [4.69, 9.17) is 10.5 Å². The quantitative estimate of drug-likeness (QED) is 0.933. The molecule has 4 aliphatic rings. The van der Waals surface area contributed by atoms with E-state index >= 15 is 0 Å². The van der Waals surface area contributed by atoms with Crippen LogP contribution in [0.2, 0.25) is 0 Å². The first-order valence-electron chi connectivity index (χ1n) is 7.66. The SMILES string of the molecule is NC12CC(N3CCC(Oc4ccc(C(F)(F)F)cc4)C3)(C1)C2. The van der Waals surface area contributed by atoms with Crippen molar-refractivity contribution in [2.45, 2.75) is 49.0 Å². The van der Waals surface area contributed by atoms with E-state index in [2.05, 4.69) is 4.90 Å². The monoisotopic (exact) mass is 312 g/mol. The second-order valence-corrected chi connectivity index (χ2v) is 7.11. The second-order valence-electron chi connectivity index (χ2n) is 7.11. The Labute approximate surface area is 127 Å². The van der Waals surface area contributed by atoms with Gasteiger partial charge in [0, 0.05) is 24.2 Å². The van der Waals surface area contributed by atoms with Crippen LogP contribution in [-0.4, -0.2) is 35.2 Å². The number of hydrogen-bond acceptors (Lipinski definition) is 3. The first kappa shape index (κ1) is 14.3. The van der Waals surface area contributed by atoms with Crippen LogP contribution in [0.5, 0.6) is 5.75 Å². The van der Waals surface area contributed by atoms with Crippen molar-refractivity contribution in [3.05, 3.63) is 29.8 Å². The Bertz CT molecular complexity index is 564. The molecule has 22 heavy (non-hydrogen) atoms. The lowest BCUT2D eigenvalue weighted by Crippen LogP contribution is -2.81. The lowest BCUT2D eigenvalue weighted by molar-refractivity contribution is -0.155. The summed E-state index contributed by atoms with van der Waals surface area (Å²) in [7, 11) is 0. The van der Waals surface area contributed by atoms with Crippen LogP contribution >= 0.6 is 0 Å². The molecule has 3 saturated carbocycles. The molecule has 3 aliphatic carbocycles. The number of halogens is 3. The average molecular weight is 312 g/mol. The molecule has 2 N–H and O–H groups in total. The average Bonchev–Trinajstić information content (AvgIpc) is 2.82. The van der Waals surface area contributed by atoms with E-state index in [1.54, 1.807) is 0 Å². The Hall–Kier alpha value is -1.27. The minimum absolute atomic E-state index is 0.0551. The predicted molar refractivity (Wildman–Crippen MR) is 75.6 cm³/mol. The maximum absolute atomic E-state index is 12.5. The molecule has 2 bridgehead atoms. The molecule has 1 saturated heterocycles. The number of nitrogens with two attached hydrogens (primary N) is 1. The lowest BCUT2D eigenvalue weighted by atomic mass is 9.44. The number of alkyl halides is 3. The fourth-order valence-electron chi connectivity index (χ4n) is 4.32. The van der Waals surface area contributed by atoms with Gasteiger partial charge in [0.25, 0.3) is 0 Å². The fourth-order valence-corrected chi connectivity index (χ4v) is 4.32. The first-order valence-corrected chi connectivity index (χ1v) is 7.66. The van der Waals surface area contributed by atoms with Crippen molar-refractivity contribution in [2.24, 2.45) is 5.73 Å². The summed E-state index contributed by atoms with van der Waals surface area (Å²) in [6.45, 7) is 1.83. The van der Waals surface area contributed by atoms with Crippen LogP contribution in [0.25, 0.3) is 0 Å². The van der Waals surface area contributed by atoms with Crippen LogP contribution in [0, 0.1) is 0 Å². The van der Waals surface area contributed by atoms with Crippen LogP contribution in [0.15, 0.2) is 24.3 Å². The molecule has 1 aliphatic heterocycles. The number of nitrogens with zero attached hydrogens (tertiary/aromatic N) is 1. The van der Waals surface area contributed by atoms with E-state index in [0.29, 0.717) is 11.3 Å². The second kappa shape index (κ2) is 4.38. The van der Waals surface area contributed by atoms with Crippen molar-refractivity contribution in [1.82, 2.24) is 4.90 Å². The Morgan fingerprint density at radius 3 is 2.32 bits per heavy atom. The third-order valence-corrected chi connectivity index (χ3v) is 5.34. The third-order valence-electron chi connectivity index (χ3n) is 5.34. The smallest absolute Gasteiger partial charge is 0.416 e. The van der Waals surface area contributed by atoms with Gasteiger partial charge in [0.2, 0.25) is 0 Å². The largest absolute Gasteiger partial charge is 0.489 e. The lowest BCUT2D eigenvalue weighted by Gasteiger charge is -2.72. The van der Waals surface area contributed by atoms with Crippen LogP contribution in [0.3, 0.4) is 0 Å². The number of rotatable bonds is 3. The zero-order valence-corrected chi connectivity index (χ0v) is 12.2. The van der Waals surface area contributed by atoms with Gasteiger partial charge in [-0.25, -0.2) is 0 Å². The Kier molecular flexibility index (Phi) is 2.86. The van der Waals surface area contributed by atoms with E-state index < -0.39 is 11.7 Å². The highest BCUT2D eigenvalue weighted by molar-refractivity contribution is 5.30. The minimum Gasteiger partial charge on any atom is -0.489 e. The zero-order valence-electron chi connectivity index (χ0n) is 12.2. The maximum Gasteiger partial charge on any atom is 0.416 e. The minimum atomic E-state index is -4.30. The summed E-state index contributed by atoms with van der Waals surface area (Å²) in [6, 6.07) is 4.95. The number of likely N-dealkylation sites (tertiary alicyclic amines) is 1. The standard InChI is InChI=1S/C16H19F3N2O/c17-16(18,19)11-1-3-12(4-2-11)22-13-5-6-21(7-13)15-8-14(20,9-15)10-15/h1-4,13H,5-10,20H2. The summed E-state index contributed by atoms with van der Waals surface area (Å²) in [5.74, 6) is 0.507. The molecule has 1 atom stereocenters. The van der Waals surface area contributed by atoms with E-state index in [1.807, 2.05) is 0 Å². The molecular weight excluding hydrogens is 293 g/mol. The molecule has 5 rings (SSSR count). The maximum atomic E-state index is 12.5. The van der Waals surface area contributed by atoms with Crippen molar-refractivity contribution in [3.63, 3.8) is 0 Å². The van der Waals surface area contributed by atoms with Gasteiger partial charge in [-0.15, -0.1) is 0 Å². The molecule has 0 radical (unpaired) electrons. The molecule has 3 nitrogen and oxygen atoms in total. The summed E-state index contributed by atoms with van der Waals surface area (Å²) in [5.41, 5.74) is 5.84. The zero-order chi connectivity index (χ0) is 15.6. The van der Waals surface area contributed by atoms with Crippen LogP contribution in [0.1, 0.15) is 31.2 Å². The highest BCUT2D eigenvalue weighted by atomic mass is 19.4. The van der Waals surface area contributed by atoms with Crippen LogP contribution in [0.4, 0.5) is 13.2 Å². The van der Waals surface area contributed by atoms with Gasteiger partial charge in [-0.3, -0.25) is 4.90 Å². The van der Waals surface area contributed by atoms with Gasteiger partial charge in [0.1, 0.15) is 11.9 Å². The molecule has 4 fully saturated rings. The van der Waals surface area contributed by atoms with Crippen molar-refractivity contribution in [1.29, 1.82) is 0 Å². The van der Waals surface area contributed by atoms with Crippen molar-refractivity contribution < 1.29 is 17.9 Å². The summed E-state index contributed by atoms with van der Waals surface area (Å²) in [4.78, 5) is 2.45. The number of benzene rings is 1. The molecule has 0 aromatic heterocycles. The highest BCUT2D eigenvalue weighted by Gasteiger charge is 2.68. The molecule has 1 aromatic rings. The van der Waals surface area contributed by atoms with Crippen LogP contribution < -0.4 is 10.5 Å². The van der Waals surface area contributed by atoms with Gasteiger partial charge in [-0.2, -0.15) is 13.2 Å². The Morgan fingerprint density at radius 2 is 1.77 bits per heavy atom. The first-order chi connectivity index (χ1) is 10.3. The van der Waals surface area contributed by atoms with Gasteiger partial charge >= 0.3 is 6.18 Å². The van der Waals surface area contributed by atoms with Gasteiger partial charge < -0.3 is 10.5 Å². The van der Waals surface area contributed by atoms with Gasteiger partial charge in [0.05, 0.1) is 5.56 Å². The molecule has 1 aromatic carbocycles. The fraction of sp³-hybridized carbons (Fsp3) is 0.625. The normalized spacial score (nSPS) is 37.5. The van der Waals surface area contributed by atoms with Crippen LogP contribution in [-0.2, 0) is 6.18 Å². The van der Waals surface area contributed by atoms with Gasteiger partial charge in [-0.1, -0.05) is 0 Å². The summed E-state index contributed by atoms with van der Waals surface area (Å²) in [5, 5.41) is 0. The summed E-state index contributed by atoms with van der Waals surface area (Å²) >= 11 is 0. The summed E-state index contributed by atoms with van der Waals surface area (Å²) in [6.07, 6.45) is -0.0993. The molecule has 1 unspecified atom stereocenters. The third kappa shape index (κ3) is 2.20. The van der Waals surface area contributed by atoms with E-state index in [9.17, 15) is 13.2 Å². The van der Waals surface area contributed by atoms with Gasteiger partial charge in [-0.05, 0) is 49.9 Å². The Morgan fingerprint density at radius 1 is 1.14 bits per heavy atom. The van der Waals surface area contributed by atoms with Crippen molar-refractivity contribution in [2.75, 3.05) is 13.1 Å². The molecule has 1 heterocycles. The predicted octanol–water partition coefficient (Wildman–Crippen LogP) is 2.79. The molecule has 120 valence electrons. The molecule has 0 spiro atoms. The van der Waals surface area contributed by atoms with Crippen molar-refractivity contribution in [3.8, 4) is 5.75 Å². The molecular formula is C16H19F3N2O. The van der Waals surface area contributed by atoms with Gasteiger partial charge in [0.15, 0.2) is 0 Å². The van der Waals surface area contributed by atoms with E-state index in [0.717, 1.165) is 50.9 Å². The number of ether oxygens (including phenoxy) is 1. The molecule has 6 heteroatoms. The topological polar surface area (TPSA) is 38.5 Å².